The molecule has 0 aliphatic carbocycles. The lowest BCUT2D eigenvalue weighted by Crippen LogP contribution is -2.21. The summed E-state index contributed by atoms with van der Waals surface area (Å²) in [6.07, 6.45) is 0.920. The van der Waals surface area contributed by atoms with Crippen LogP contribution in [0.1, 0.15) is 42.9 Å². The summed E-state index contributed by atoms with van der Waals surface area (Å²) in [6, 6.07) is 13.8. The molecular weight excluding hydrogens is 296 g/mol. The van der Waals surface area contributed by atoms with Crippen molar-refractivity contribution in [2.24, 2.45) is 0 Å². The molecule has 23 heavy (non-hydrogen) atoms. The Bertz CT molecular complexity index is 657. The number of unbranched alkanes of at least 4 members (excludes halogenated alkanes) is 2. The average molecular weight is 315 g/mol. The molecule has 0 aliphatic heterocycles. The fraction of sp³-hybridized carbons (Fsp3) is 0.316. The number of hydrogen-bond donors (Lipinski definition) is 0. The molecule has 4 heteroatoms. The lowest BCUT2D eigenvalue weighted by atomic mass is 10.1. The zero-order valence-electron chi connectivity index (χ0n) is 13.1. The smallest absolute Gasteiger partial charge is 0.426 e. The van der Waals surface area contributed by atoms with E-state index in [-0.39, 0.29) is 11.3 Å². The fourth-order valence-electron chi connectivity index (χ4n) is 2.25. The number of nitrogens with zero attached hydrogens (tertiary/aromatic N) is 1. The molecule has 0 spiro atoms. The van der Waals surface area contributed by atoms with Crippen LogP contribution >= 0.6 is 0 Å². The molecule has 0 saturated heterocycles. The molecule has 120 valence electrons. The Balaban J connectivity index is 2.03. The molecule has 0 unspecified atom stereocenters. The number of alkyl halides is 2. The Labute approximate surface area is 135 Å². The van der Waals surface area contributed by atoms with Gasteiger partial charge < -0.3 is 4.74 Å². The predicted octanol–water partition coefficient (Wildman–Crippen LogP) is 5.42. The van der Waals surface area contributed by atoms with E-state index in [4.69, 9.17) is 10.00 Å². The lowest BCUT2D eigenvalue weighted by Gasteiger charge is -2.18. The van der Waals surface area contributed by atoms with Crippen LogP contribution in [0, 0.1) is 11.3 Å². The summed E-state index contributed by atoms with van der Waals surface area (Å²) in [5.74, 6) is 0.124. The van der Waals surface area contributed by atoms with Crippen molar-refractivity contribution in [3.8, 4) is 11.8 Å². The molecule has 0 bridgehead atoms. The molecule has 0 saturated carbocycles. The van der Waals surface area contributed by atoms with Crippen molar-refractivity contribution in [3.63, 3.8) is 0 Å². The molecule has 2 rings (SSSR count). The topological polar surface area (TPSA) is 33.0 Å². The van der Waals surface area contributed by atoms with Gasteiger partial charge in [0.1, 0.15) is 5.75 Å². The number of halogens is 2. The van der Waals surface area contributed by atoms with E-state index < -0.39 is 6.11 Å². The summed E-state index contributed by atoms with van der Waals surface area (Å²) in [6.45, 7) is 2.14. The van der Waals surface area contributed by atoms with Gasteiger partial charge in [0, 0.05) is 0 Å². The first-order valence-corrected chi connectivity index (χ1v) is 7.71. The maximum absolute atomic E-state index is 14.1. The Morgan fingerprint density at radius 1 is 1.00 bits per heavy atom. The van der Waals surface area contributed by atoms with Crippen LogP contribution in [0.5, 0.6) is 5.75 Å². The third kappa shape index (κ3) is 4.79. The van der Waals surface area contributed by atoms with E-state index in [1.165, 1.54) is 24.3 Å². The van der Waals surface area contributed by atoms with Gasteiger partial charge in [-0.25, -0.2) is 0 Å². The summed E-state index contributed by atoms with van der Waals surface area (Å²) < 4.78 is 33.1. The standard InChI is InChI=1S/C19H19F2NO/c1-2-3-4-5-15-8-12-18(13-9-15)23-19(20,21)17-10-6-16(14-22)7-11-17/h6-13H,2-5H2,1H3. The second kappa shape index (κ2) is 7.73. The molecule has 0 atom stereocenters. The van der Waals surface area contributed by atoms with Gasteiger partial charge in [0.05, 0.1) is 17.2 Å². The fourth-order valence-corrected chi connectivity index (χ4v) is 2.25. The number of ether oxygens (including phenoxy) is 1. The minimum atomic E-state index is -3.43. The SMILES string of the molecule is CCCCCc1ccc(OC(F)(F)c2ccc(C#N)cc2)cc1. The van der Waals surface area contributed by atoms with Gasteiger partial charge in [-0.2, -0.15) is 14.0 Å². The normalized spacial score (nSPS) is 11.0. The van der Waals surface area contributed by atoms with E-state index in [1.54, 1.807) is 12.1 Å². The van der Waals surface area contributed by atoms with Crippen molar-refractivity contribution in [1.29, 1.82) is 5.26 Å². The van der Waals surface area contributed by atoms with Crippen LogP contribution in [-0.4, -0.2) is 0 Å². The van der Waals surface area contributed by atoms with Gasteiger partial charge >= 0.3 is 6.11 Å². The Kier molecular flexibility index (Phi) is 5.70. The van der Waals surface area contributed by atoms with E-state index in [9.17, 15) is 8.78 Å². The number of aryl methyl sites for hydroxylation is 1. The van der Waals surface area contributed by atoms with E-state index >= 15 is 0 Å². The van der Waals surface area contributed by atoms with E-state index in [1.807, 2.05) is 18.2 Å². The van der Waals surface area contributed by atoms with Crippen LogP contribution in [0.3, 0.4) is 0 Å². The summed E-state index contributed by atoms with van der Waals surface area (Å²) in [4.78, 5) is 0. The number of hydrogen-bond acceptors (Lipinski definition) is 2. The van der Waals surface area contributed by atoms with Gasteiger partial charge in [0.15, 0.2) is 0 Å². The zero-order valence-corrected chi connectivity index (χ0v) is 13.1. The first-order valence-electron chi connectivity index (χ1n) is 7.71. The van der Waals surface area contributed by atoms with Crippen molar-refractivity contribution in [3.05, 3.63) is 65.2 Å². The molecule has 0 fully saturated rings. The summed E-state index contributed by atoms with van der Waals surface area (Å²) in [5.41, 5.74) is 1.18. The largest absolute Gasteiger partial charge is 0.429 e. The van der Waals surface area contributed by atoms with Gasteiger partial charge in [0.25, 0.3) is 0 Å². The van der Waals surface area contributed by atoms with Gasteiger partial charge in [-0.1, -0.05) is 31.9 Å². The molecule has 0 heterocycles. The van der Waals surface area contributed by atoms with Crippen LogP contribution in [0.25, 0.3) is 0 Å². The van der Waals surface area contributed by atoms with Crippen LogP contribution < -0.4 is 4.74 Å². The second-order valence-electron chi connectivity index (χ2n) is 5.41. The molecule has 0 radical (unpaired) electrons. The Morgan fingerprint density at radius 2 is 1.65 bits per heavy atom. The van der Waals surface area contributed by atoms with Crippen LogP contribution in [0.4, 0.5) is 8.78 Å². The second-order valence-corrected chi connectivity index (χ2v) is 5.41. The minimum Gasteiger partial charge on any atom is -0.429 e. The summed E-state index contributed by atoms with van der Waals surface area (Å²) in [5, 5.41) is 8.70. The highest BCUT2D eigenvalue weighted by atomic mass is 19.3. The maximum atomic E-state index is 14.1. The summed E-state index contributed by atoms with van der Waals surface area (Å²) >= 11 is 0. The van der Waals surface area contributed by atoms with E-state index in [0.29, 0.717) is 5.56 Å². The quantitative estimate of drug-likeness (QED) is 0.639. The first kappa shape index (κ1) is 17.0. The minimum absolute atomic E-state index is 0.124. The van der Waals surface area contributed by atoms with Gasteiger partial charge in [-0.05, 0) is 54.8 Å². The van der Waals surface area contributed by atoms with Crippen LogP contribution in [-0.2, 0) is 12.5 Å². The molecular formula is C19H19F2NO. The molecule has 2 nitrogen and oxygen atoms in total. The molecule has 0 aromatic heterocycles. The maximum Gasteiger partial charge on any atom is 0.426 e. The molecule has 0 N–H and O–H groups in total. The molecule has 0 aliphatic rings. The Hall–Kier alpha value is -2.41. The highest BCUT2D eigenvalue weighted by Crippen LogP contribution is 2.31. The van der Waals surface area contributed by atoms with Crippen molar-refractivity contribution in [1.82, 2.24) is 0 Å². The number of benzene rings is 2. The average Bonchev–Trinajstić information content (AvgIpc) is 2.56. The van der Waals surface area contributed by atoms with Crippen molar-refractivity contribution in [2.75, 3.05) is 0 Å². The lowest BCUT2D eigenvalue weighted by molar-refractivity contribution is -0.185. The third-order valence-corrected chi connectivity index (χ3v) is 3.59. The third-order valence-electron chi connectivity index (χ3n) is 3.59. The summed E-state index contributed by atoms with van der Waals surface area (Å²) in [7, 11) is 0. The van der Waals surface area contributed by atoms with Gasteiger partial charge in [0.2, 0.25) is 0 Å². The zero-order chi connectivity index (χ0) is 16.7. The Morgan fingerprint density at radius 3 is 2.22 bits per heavy atom. The number of rotatable bonds is 7. The predicted molar refractivity (Wildman–Crippen MR) is 85.4 cm³/mol. The number of nitriles is 1. The molecule has 2 aromatic rings. The highest BCUT2D eigenvalue weighted by molar-refractivity contribution is 5.34. The first-order chi connectivity index (χ1) is 11.0. The van der Waals surface area contributed by atoms with Crippen LogP contribution in [0.15, 0.2) is 48.5 Å². The monoisotopic (exact) mass is 315 g/mol. The van der Waals surface area contributed by atoms with Gasteiger partial charge in [-0.3, -0.25) is 0 Å². The highest BCUT2D eigenvalue weighted by Gasteiger charge is 2.34. The van der Waals surface area contributed by atoms with E-state index in [2.05, 4.69) is 6.92 Å². The molecule has 2 aromatic carbocycles. The van der Waals surface area contributed by atoms with Crippen molar-refractivity contribution in [2.45, 2.75) is 38.7 Å². The molecule has 0 amide bonds. The van der Waals surface area contributed by atoms with Crippen LogP contribution in [0.2, 0.25) is 0 Å². The van der Waals surface area contributed by atoms with Crippen molar-refractivity contribution >= 4 is 0 Å². The van der Waals surface area contributed by atoms with Gasteiger partial charge in [-0.15, -0.1) is 0 Å². The van der Waals surface area contributed by atoms with E-state index in [0.717, 1.165) is 31.2 Å². The van der Waals surface area contributed by atoms with Crippen molar-refractivity contribution < 1.29 is 13.5 Å².